The molecule has 0 unspecified atom stereocenters. The summed E-state index contributed by atoms with van der Waals surface area (Å²) in [6.45, 7) is 3.78. The van der Waals surface area contributed by atoms with Crippen LogP contribution in [0.25, 0.3) is 22.4 Å². The monoisotopic (exact) mass is 498 g/mol. The Morgan fingerprint density at radius 1 is 1.19 bits per heavy atom. The van der Waals surface area contributed by atoms with Gasteiger partial charge in [-0.1, -0.05) is 6.92 Å². The molecule has 0 radical (unpaired) electrons. The van der Waals surface area contributed by atoms with Gasteiger partial charge in [-0.15, -0.1) is 0 Å². The molecule has 11 nitrogen and oxygen atoms in total. The number of rotatable bonds is 7. The predicted octanol–water partition coefficient (Wildman–Crippen LogP) is 1.66. The molecule has 1 aromatic carbocycles. The number of aromatic nitrogens is 6. The van der Waals surface area contributed by atoms with Gasteiger partial charge in [-0.2, -0.15) is 0 Å². The topological polar surface area (TPSA) is 154 Å². The van der Waals surface area contributed by atoms with Crippen LogP contribution in [0, 0.1) is 0 Å². The van der Waals surface area contributed by atoms with Gasteiger partial charge in [0.1, 0.15) is 17.4 Å². The molecule has 6 rings (SSSR count). The van der Waals surface area contributed by atoms with E-state index < -0.39 is 5.54 Å². The van der Waals surface area contributed by atoms with Crippen molar-refractivity contribution in [2.45, 2.75) is 50.7 Å². The number of imidazole rings is 1. The fraction of sp³-hybridized carbons (Fsp3) is 0.385. The summed E-state index contributed by atoms with van der Waals surface area (Å²) in [6.07, 6.45) is 11.8. The number of carbonyl (C=O) groups excluding carboxylic acids is 1. The number of nitrogens with zero attached hydrogens (tertiary/aromatic N) is 7. The Balaban J connectivity index is 1.42. The molecule has 3 aromatic heterocycles. The second kappa shape index (κ2) is 9.07. The molecule has 4 aromatic rings. The van der Waals surface area contributed by atoms with Crippen LogP contribution in [0.4, 0.5) is 11.5 Å². The van der Waals surface area contributed by atoms with Crippen molar-refractivity contribution >= 4 is 28.6 Å². The molecule has 190 valence electrons. The van der Waals surface area contributed by atoms with Gasteiger partial charge in [-0.3, -0.25) is 14.8 Å². The molecule has 11 heteroatoms. The number of carbonyl (C=O) groups is 1. The molecule has 5 N–H and O–H groups in total. The summed E-state index contributed by atoms with van der Waals surface area (Å²) in [7, 11) is 0. The minimum absolute atomic E-state index is 0.0624. The lowest BCUT2D eigenvalue weighted by molar-refractivity contribution is -0.125. The summed E-state index contributed by atoms with van der Waals surface area (Å²) < 4.78 is 1.99. The van der Waals surface area contributed by atoms with Crippen LogP contribution < -0.4 is 21.7 Å². The van der Waals surface area contributed by atoms with Crippen molar-refractivity contribution in [1.29, 1.82) is 0 Å². The molecular formula is C26H30N10O. The molecule has 1 atom stereocenters. The van der Waals surface area contributed by atoms with Gasteiger partial charge < -0.3 is 26.3 Å². The van der Waals surface area contributed by atoms with E-state index in [1.165, 1.54) is 11.9 Å². The Kier molecular flexibility index (Phi) is 5.71. The summed E-state index contributed by atoms with van der Waals surface area (Å²) in [4.78, 5) is 37.0. The van der Waals surface area contributed by atoms with Gasteiger partial charge in [0.15, 0.2) is 11.5 Å². The third-order valence-electron chi connectivity index (χ3n) is 7.32. The first-order valence-corrected chi connectivity index (χ1v) is 12.6. The van der Waals surface area contributed by atoms with Gasteiger partial charge in [0.2, 0.25) is 5.91 Å². The number of amides is 1. The Labute approximate surface area is 214 Å². The molecule has 1 aliphatic carbocycles. The van der Waals surface area contributed by atoms with E-state index in [-0.39, 0.29) is 11.9 Å². The lowest BCUT2D eigenvalue weighted by Crippen LogP contribution is -2.56. The fourth-order valence-electron chi connectivity index (χ4n) is 5.06. The molecule has 2 aliphatic rings. The maximum absolute atomic E-state index is 13.0. The predicted molar refractivity (Wildman–Crippen MR) is 141 cm³/mol. The lowest BCUT2D eigenvalue weighted by atomic mass is 9.96. The highest BCUT2D eigenvalue weighted by molar-refractivity contribution is 5.88. The summed E-state index contributed by atoms with van der Waals surface area (Å²) in [5.41, 5.74) is 18.1. The number of aryl methyl sites for hydroxylation is 1. The molecule has 2 fully saturated rings. The largest absolute Gasteiger partial charge is 0.382 e. The van der Waals surface area contributed by atoms with E-state index in [0.717, 1.165) is 41.8 Å². The van der Waals surface area contributed by atoms with Crippen LogP contribution in [0.1, 0.15) is 37.3 Å². The van der Waals surface area contributed by atoms with E-state index in [1.54, 1.807) is 24.9 Å². The SMILES string of the molecule is CCc1cc(-c2cnccn2)cc(N2CC[C@](N)(C(=O)NC3CC3)C2)c1Cn1cnc2c(N)ncnc21. The number of nitrogens with one attached hydrogen (secondary N) is 1. The van der Waals surface area contributed by atoms with Crippen LogP contribution in [-0.2, 0) is 17.8 Å². The standard InChI is InChI=1S/C26H30N10O/c1-2-16-9-17(20-11-29-6-7-30-20)10-21(35-8-5-26(28,13-35)25(37)34-18-3-4-18)19(16)12-36-15-33-22-23(27)31-14-32-24(22)36/h6-7,9-11,14-15,18H,2-5,8,12-13,28H2,1H3,(H,34,37)(H2,27,31,32)/t26-/m1/s1. The highest BCUT2D eigenvalue weighted by atomic mass is 16.2. The molecular weight excluding hydrogens is 468 g/mol. The molecule has 0 bridgehead atoms. The maximum atomic E-state index is 13.0. The quantitative estimate of drug-likeness (QED) is 0.345. The number of anilines is 2. The zero-order chi connectivity index (χ0) is 25.6. The van der Waals surface area contributed by atoms with Gasteiger partial charge >= 0.3 is 0 Å². The highest BCUT2D eigenvalue weighted by Crippen LogP contribution is 2.36. The Morgan fingerprint density at radius 2 is 2.05 bits per heavy atom. The molecule has 37 heavy (non-hydrogen) atoms. The van der Waals surface area contributed by atoms with Crippen LogP contribution in [-0.4, -0.2) is 60.1 Å². The smallest absolute Gasteiger partial charge is 0.242 e. The van der Waals surface area contributed by atoms with Crippen LogP contribution in [0.3, 0.4) is 0 Å². The number of fused-ring (bicyclic) bond motifs is 1. The van der Waals surface area contributed by atoms with E-state index in [2.05, 4.69) is 54.2 Å². The zero-order valence-corrected chi connectivity index (χ0v) is 20.8. The van der Waals surface area contributed by atoms with E-state index in [4.69, 9.17) is 11.5 Å². The zero-order valence-electron chi connectivity index (χ0n) is 20.8. The van der Waals surface area contributed by atoms with Crippen LogP contribution in [0.5, 0.6) is 0 Å². The number of nitrogen functional groups attached to an aromatic ring is 1. The van der Waals surface area contributed by atoms with Crippen LogP contribution in [0.2, 0.25) is 0 Å². The number of nitrogens with two attached hydrogens (primary N) is 2. The van der Waals surface area contributed by atoms with E-state index in [9.17, 15) is 4.79 Å². The average Bonchev–Trinajstić information content (AvgIpc) is 3.49. The van der Waals surface area contributed by atoms with E-state index in [1.807, 2.05) is 4.57 Å². The number of hydrogen-bond donors (Lipinski definition) is 3. The lowest BCUT2D eigenvalue weighted by Gasteiger charge is -2.28. The van der Waals surface area contributed by atoms with Gasteiger partial charge in [0.25, 0.3) is 0 Å². The summed E-state index contributed by atoms with van der Waals surface area (Å²) in [6, 6.07) is 4.57. The molecule has 1 aliphatic heterocycles. The molecule has 1 saturated heterocycles. The van der Waals surface area contributed by atoms with Crippen molar-refractivity contribution in [1.82, 2.24) is 34.8 Å². The summed E-state index contributed by atoms with van der Waals surface area (Å²) in [5.74, 6) is 0.291. The second-order valence-electron chi connectivity index (χ2n) is 9.96. The third kappa shape index (κ3) is 4.35. The van der Waals surface area contributed by atoms with E-state index >= 15 is 0 Å². The van der Waals surface area contributed by atoms with Crippen molar-refractivity contribution in [2.75, 3.05) is 23.7 Å². The number of hydrogen-bond acceptors (Lipinski definition) is 9. The third-order valence-corrected chi connectivity index (χ3v) is 7.32. The van der Waals surface area contributed by atoms with Crippen molar-refractivity contribution in [2.24, 2.45) is 5.73 Å². The second-order valence-corrected chi connectivity index (χ2v) is 9.96. The van der Waals surface area contributed by atoms with E-state index in [0.29, 0.717) is 43.0 Å². The Bertz CT molecular complexity index is 1470. The van der Waals surface area contributed by atoms with Gasteiger partial charge in [-0.25, -0.2) is 15.0 Å². The van der Waals surface area contributed by atoms with Crippen molar-refractivity contribution in [3.05, 3.63) is 54.5 Å². The molecule has 0 spiro atoms. The first-order valence-electron chi connectivity index (χ1n) is 12.6. The number of benzene rings is 1. The van der Waals surface area contributed by atoms with Crippen LogP contribution in [0.15, 0.2) is 43.4 Å². The summed E-state index contributed by atoms with van der Waals surface area (Å²) in [5, 5.41) is 3.10. The van der Waals surface area contributed by atoms with Crippen molar-refractivity contribution in [3.63, 3.8) is 0 Å². The first kappa shape index (κ1) is 23.3. The van der Waals surface area contributed by atoms with Gasteiger partial charge in [0, 0.05) is 42.8 Å². The molecule has 4 heterocycles. The fourth-order valence-corrected chi connectivity index (χ4v) is 5.06. The van der Waals surface area contributed by atoms with Gasteiger partial charge in [0.05, 0.1) is 24.8 Å². The van der Waals surface area contributed by atoms with Crippen molar-refractivity contribution < 1.29 is 4.79 Å². The minimum atomic E-state index is -0.932. The first-order chi connectivity index (χ1) is 17.9. The summed E-state index contributed by atoms with van der Waals surface area (Å²) >= 11 is 0. The Hall–Kier alpha value is -4.12. The van der Waals surface area contributed by atoms with Gasteiger partial charge in [-0.05, 0) is 48.9 Å². The minimum Gasteiger partial charge on any atom is -0.382 e. The maximum Gasteiger partial charge on any atom is 0.242 e. The molecule has 1 amide bonds. The Morgan fingerprint density at radius 3 is 2.81 bits per heavy atom. The van der Waals surface area contributed by atoms with Crippen molar-refractivity contribution in [3.8, 4) is 11.3 Å². The highest BCUT2D eigenvalue weighted by Gasteiger charge is 2.43. The normalized spacial score (nSPS) is 19.5. The van der Waals surface area contributed by atoms with Crippen LogP contribution >= 0.6 is 0 Å². The molecule has 1 saturated carbocycles. The average molecular weight is 499 g/mol.